The maximum absolute atomic E-state index is 2.78. The van der Waals surface area contributed by atoms with E-state index in [1.54, 1.807) is 5.19 Å². The Balaban J connectivity index is 2.87. The van der Waals surface area contributed by atoms with Crippen LogP contribution in [-0.2, 0) is 0 Å². The molecule has 1 aromatic rings. The maximum Gasteiger partial charge on any atom is 0.155 e. The lowest BCUT2D eigenvalue weighted by Crippen LogP contribution is -2.40. The van der Waals surface area contributed by atoms with Crippen LogP contribution in [0.25, 0.3) is 0 Å². The highest BCUT2D eigenvalue weighted by Crippen LogP contribution is 2.26. The monoisotopic (exact) mass is 318 g/mol. The number of hydrogen-bond donors (Lipinski definition) is 0. The lowest BCUT2D eigenvalue weighted by molar-refractivity contribution is 1.01. The molecule has 0 nitrogen and oxygen atoms in total. The molecular weight excluding hydrogens is 299 g/mol. The SMILES string of the molecule is CCC[Si](I)(CCC)c1ccccc1. The highest BCUT2D eigenvalue weighted by molar-refractivity contribution is 14.1. The molecule has 0 saturated heterocycles. The van der Waals surface area contributed by atoms with Crippen LogP contribution >= 0.6 is 21.8 Å². The van der Waals surface area contributed by atoms with Crippen molar-refractivity contribution in [1.29, 1.82) is 0 Å². The van der Waals surface area contributed by atoms with Gasteiger partial charge < -0.3 is 0 Å². The molecule has 0 heterocycles. The van der Waals surface area contributed by atoms with Crippen LogP contribution in [0, 0.1) is 0 Å². The minimum Gasteiger partial charge on any atom is -0.113 e. The van der Waals surface area contributed by atoms with Crippen molar-refractivity contribution in [2.75, 3.05) is 0 Å². The first-order chi connectivity index (χ1) is 6.73. The molecule has 0 spiro atoms. The van der Waals surface area contributed by atoms with Crippen molar-refractivity contribution in [3.63, 3.8) is 0 Å². The highest BCUT2D eigenvalue weighted by Gasteiger charge is 2.29. The van der Waals surface area contributed by atoms with Crippen LogP contribution in [0.4, 0.5) is 0 Å². The molecule has 0 fully saturated rings. The Morgan fingerprint density at radius 2 is 1.50 bits per heavy atom. The summed E-state index contributed by atoms with van der Waals surface area (Å²) < 4.78 is 0. The first-order valence-electron chi connectivity index (χ1n) is 5.47. The third-order valence-electron chi connectivity index (χ3n) is 2.58. The Hall–Kier alpha value is 0.167. The average Bonchev–Trinajstić information content (AvgIpc) is 2.20. The lowest BCUT2D eigenvalue weighted by Gasteiger charge is -2.24. The van der Waals surface area contributed by atoms with E-state index in [1.165, 1.54) is 24.9 Å². The van der Waals surface area contributed by atoms with Crippen LogP contribution in [0.1, 0.15) is 26.7 Å². The summed E-state index contributed by atoms with van der Waals surface area (Å²) in [5, 5.41) is 1.63. The van der Waals surface area contributed by atoms with Crippen molar-refractivity contribution >= 4 is 32.6 Å². The molecule has 0 aliphatic carbocycles. The minimum absolute atomic E-state index is 1.16. The van der Waals surface area contributed by atoms with Crippen molar-refractivity contribution in [2.45, 2.75) is 38.8 Å². The second-order valence-corrected chi connectivity index (χ2v) is 13.5. The van der Waals surface area contributed by atoms with Gasteiger partial charge in [-0.25, -0.2) is 0 Å². The van der Waals surface area contributed by atoms with Gasteiger partial charge in [0.25, 0.3) is 0 Å². The Labute approximate surface area is 101 Å². The van der Waals surface area contributed by atoms with Gasteiger partial charge in [-0.05, 0) is 17.3 Å². The molecule has 0 saturated carbocycles. The first-order valence-corrected chi connectivity index (χ1v) is 11.0. The molecule has 0 bridgehead atoms. The third kappa shape index (κ3) is 3.09. The fraction of sp³-hybridized carbons (Fsp3) is 0.500. The minimum atomic E-state index is -1.16. The second kappa shape index (κ2) is 5.91. The van der Waals surface area contributed by atoms with Gasteiger partial charge in [0.2, 0.25) is 0 Å². The van der Waals surface area contributed by atoms with Gasteiger partial charge >= 0.3 is 0 Å². The van der Waals surface area contributed by atoms with Gasteiger partial charge in [-0.2, -0.15) is 0 Å². The van der Waals surface area contributed by atoms with Gasteiger partial charge in [-0.3, -0.25) is 0 Å². The van der Waals surface area contributed by atoms with E-state index in [2.05, 4.69) is 66.0 Å². The molecule has 1 rings (SSSR count). The van der Waals surface area contributed by atoms with Gasteiger partial charge in [-0.1, -0.05) is 57.0 Å². The van der Waals surface area contributed by atoms with Crippen LogP contribution < -0.4 is 5.19 Å². The van der Waals surface area contributed by atoms with Gasteiger partial charge in [-0.15, -0.1) is 21.8 Å². The van der Waals surface area contributed by atoms with Crippen molar-refractivity contribution in [1.82, 2.24) is 0 Å². The maximum atomic E-state index is 2.78. The Bertz CT molecular complexity index is 252. The van der Waals surface area contributed by atoms with Crippen molar-refractivity contribution in [3.05, 3.63) is 30.3 Å². The number of benzene rings is 1. The van der Waals surface area contributed by atoms with Gasteiger partial charge in [0, 0.05) is 0 Å². The van der Waals surface area contributed by atoms with E-state index in [0.29, 0.717) is 0 Å². The zero-order valence-electron chi connectivity index (χ0n) is 9.09. The lowest BCUT2D eigenvalue weighted by atomic mass is 10.4. The van der Waals surface area contributed by atoms with Gasteiger partial charge in [0.1, 0.15) is 0 Å². The van der Waals surface area contributed by atoms with E-state index in [-0.39, 0.29) is 0 Å². The van der Waals surface area contributed by atoms with E-state index in [9.17, 15) is 0 Å². The molecular formula is C12H19ISi. The van der Waals surface area contributed by atoms with Crippen LogP contribution in [0.2, 0.25) is 12.1 Å². The van der Waals surface area contributed by atoms with E-state index < -0.39 is 5.57 Å². The Morgan fingerprint density at radius 1 is 1.00 bits per heavy atom. The summed E-state index contributed by atoms with van der Waals surface area (Å²) in [6.07, 6.45) is 2.65. The highest BCUT2D eigenvalue weighted by atomic mass is 127. The summed E-state index contributed by atoms with van der Waals surface area (Å²) in [4.78, 5) is 0. The van der Waals surface area contributed by atoms with Crippen molar-refractivity contribution in [2.24, 2.45) is 0 Å². The molecule has 0 aliphatic rings. The molecule has 0 atom stereocenters. The van der Waals surface area contributed by atoms with E-state index in [0.717, 1.165) is 0 Å². The summed E-state index contributed by atoms with van der Waals surface area (Å²) in [5.74, 6) is 0. The largest absolute Gasteiger partial charge is 0.155 e. The van der Waals surface area contributed by atoms with Crippen LogP contribution in [0.3, 0.4) is 0 Å². The van der Waals surface area contributed by atoms with E-state index in [1.807, 2.05) is 0 Å². The number of hydrogen-bond acceptors (Lipinski definition) is 0. The van der Waals surface area contributed by atoms with Crippen LogP contribution in [-0.4, -0.2) is 5.57 Å². The molecule has 1 aromatic carbocycles. The summed E-state index contributed by atoms with van der Waals surface area (Å²) >= 11 is 2.78. The quantitative estimate of drug-likeness (QED) is 0.436. The fourth-order valence-electron chi connectivity index (χ4n) is 1.94. The average molecular weight is 318 g/mol. The second-order valence-electron chi connectivity index (χ2n) is 3.83. The van der Waals surface area contributed by atoms with E-state index >= 15 is 0 Å². The topological polar surface area (TPSA) is 0 Å². The van der Waals surface area contributed by atoms with Crippen molar-refractivity contribution < 1.29 is 0 Å². The fourth-order valence-corrected chi connectivity index (χ4v) is 9.46. The molecule has 0 unspecified atom stereocenters. The molecule has 0 N–H and O–H groups in total. The molecule has 0 amide bonds. The molecule has 0 aliphatic heterocycles. The Morgan fingerprint density at radius 3 is 1.93 bits per heavy atom. The standard InChI is InChI=1S/C12H19ISi/c1-3-10-14(13,11-4-2)12-8-6-5-7-9-12/h5-9H,3-4,10-11H2,1-2H3. The van der Waals surface area contributed by atoms with E-state index in [4.69, 9.17) is 0 Å². The third-order valence-corrected chi connectivity index (χ3v) is 11.6. The molecule has 78 valence electrons. The first kappa shape index (κ1) is 12.2. The van der Waals surface area contributed by atoms with Gasteiger partial charge in [0.15, 0.2) is 5.57 Å². The summed E-state index contributed by atoms with van der Waals surface area (Å²) in [5.41, 5.74) is -1.16. The molecule has 0 radical (unpaired) electrons. The normalized spacial score (nSPS) is 11.6. The van der Waals surface area contributed by atoms with Crippen molar-refractivity contribution in [3.8, 4) is 0 Å². The van der Waals surface area contributed by atoms with Crippen LogP contribution in [0.5, 0.6) is 0 Å². The molecule has 2 heteroatoms. The predicted octanol–water partition coefficient (Wildman–Crippen LogP) is 4.09. The number of rotatable bonds is 5. The zero-order valence-corrected chi connectivity index (χ0v) is 12.3. The summed E-state index contributed by atoms with van der Waals surface area (Å²) in [6, 6.07) is 14.0. The summed E-state index contributed by atoms with van der Waals surface area (Å²) in [7, 11) is 0. The predicted molar refractivity (Wildman–Crippen MR) is 76.0 cm³/mol. The number of halogens is 1. The van der Waals surface area contributed by atoms with Crippen LogP contribution in [0.15, 0.2) is 30.3 Å². The zero-order chi connectivity index (χ0) is 10.4. The van der Waals surface area contributed by atoms with Gasteiger partial charge in [0.05, 0.1) is 0 Å². The smallest absolute Gasteiger partial charge is 0.113 e. The molecule has 14 heavy (non-hydrogen) atoms. The Kier molecular flexibility index (Phi) is 5.16. The summed E-state index contributed by atoms with van der Waals surface area (Å²) in [6.45, 7) is 4.61. The molecule has 0 aromatic heterocycles.